The molecule has 2 amide bonds. The Balaban J connectivity index is 1.57. The average molecular weight is 532 g/mol. The zero-order valence-corrected chi connectivity index (χ0v) is 20.8. The Hall–Kier alpha value is -3.27. The molecular weight excluding hydrogens is 512 g/mol. The van der Waals surface area contributed by atoms with Crippen LogP contribution in [0.4, 0.5) is 14.9 Å². The van der Waals surface area contributed by atoms with E-state index in [1.165, 1.54) is 23.9 Å². The molecule has 0 aliphatic rings. The van der Waals surface area contributed by atoms with Gasteiger partial charge in [0.25, 0.3) is 0 Å². The van der Waals surface area contributed by atoms with E-state index in [4.69, 9.17) is 27.9 Å². The van der Waals surface area contributed by atoms with E-state index in [1.54, 1.807) is 42.0 Å². The summed E-state index contributed by atoms with van der Waals surface area (Å²) in [6.07, 6.45) is 0. The molecule has 180 valence electrons. The van der Waals surface area contributed by atoms with Gasteiger partial charge < -0.3 is 15.4 Å². The normalized spacial score (nSPS) is 10.7. The van der Waals surface area contributed by atoms with Crippen molar-refractivity contribution in [2.45, 2.75) is 17.5 Å². The van der Waals surface area contributed by atoms with Gasteiger partial charge in [-0.3, -0.25) is 4.57 Å². The van der Waals surface area contributed by atoms with Crippen molar-refractivity contribution in [2.75, 3.05) is 12.4 Å². The quantitative estimate of drug-likeness (QED) is 0.259. The molecule has 0 aliphatic heterocycles. The van der Waals surface area contributed by atoms with E-state index in [0.29, 0.717) is 32.5 Å². The van der Waals surface area contributed by atoms with Gasteiger partial charge in [-0.2, -0.15) is 0 Å². The summed E-state index contributed by atoms with van der Waals surface area (Å²) in [6, 6.07) is 18.1. The van der Waals surface area contributed by atoms with E-state index in [0.717, 1.165) is 11.3 Å². The molecule has 35 heavy (non-hydrogen) atoms. The minimum Gasteiger partial charge on any atom is -0.497 e. The van der Waals surface area contributed by atoms with Crippen molar-refractivity contribution in [2.24, 2.45) is 0 Å². The zero-order chi connectivity index (χ0) is 24.8. The lowest BCUT2D eigenvalue weighted by Gasteiger charge is -2.13. The van der Waals surface area contributed by atoms with Crippen LogP contribution in [0.25, 0.3) is 5.69 Å². The van der Waals surface area contributed by atoms with Crippen molar-refractivity contribution in [1.29, 1.82) is 0 Å². The number of thioether (sulfide) groups is 1. The van der Waals surface area contributed by atoms with Crippen molar-refractivity contribution in [1.82, 2.24) is 20.1 Å². The van der Waals surface area contributed by atoms with Gasteiger partial charge in [-0.1, -0.05) is 59.2 Å². The van der Waals surface area contributed by atoms with Gasteiger partial charge in [-0.05, 0) is 48.0 Å². The van der Waals surface area contributed by atoms with Crippen molar-refractivity contribution < 1.29 is 13.9 Å². The number of ether oxygens (including phenoxy) is 1. The van der Waals surface area contributed by atoms with E-state index < -0.39 is 11.8 Å². The number of halogens is 3. The standard InChI is InChI=1S/C24H20Cl2FN5O2S/c1-34-17-6-4-5-15(11-17)14-35-24-31-30-22(32(24)21-12-16(25)9-10-18(21)26)13-28-23(33)29-20-8-3-2-7-19(20)27/h2-12H,13-14H2,1H3,(H2,28,29,33). The van der Waals surface area contributed by atoms with Crippen LogP contribution < -0.4 is 15.4 Å². The number of amides is 2. The molecule has 1 aromatic heterocycles. The zero-order valence-electron chi connectivity index (χ0n) is 18.5. The topological polar surface area (TPSA) is 81.1 Å². The summed E-state index contributed by atoms with van der Waals surface area (Å²) in [5.41, 5.74) is 1.67. The molecular formula is C24H20Cl2FN5O2S. The molecule has 0 radical (unpaired) electrons. The average Bonchev–Trinajstić information content (AvgIpc) is 3.27. The lowest BCUT2D eigenvalue weighted by atomic mass is 10.2. The van der Waals surface area contributed by atoms with E-state index in [9.17, 15) is 9.18 Å². The molecule has 0 atom stereocenters. The lowest BCUT2D eigenvalue weighted by Crippen LogP contribution is -2.29. The molecule has 3 aromatic carbocycles. The fraction of sp³-hybridized carbons (Fsp3) is 0.125. The Morgan fingerprint density at radius 2 is 1.91 bits per heavy atom. The Morgan fingerprint density at radius 3 is 2.71 bits per heavy atom. The molecule has 0 aliphatic carbocycles. The molecule has 11 heteroatoms. The van der Waals surface area contributed by atoms with Gasteiger partial charge in [-0.25, -0.2) is 9.18 Å². The SMILES string of the molecule is COc1cccc(CSc2nnc(CNC(=O)Nc3ccccc3F)n2-c2cc(Cl)ccc2Cl)c1. The van der Waals surface area contributed by atoms with Gasteiger partial charge in [0.2, 0.25) is 0 Å². The first kappa shape index (κ1) is 24.8. The molecule has 1 heterocycles. The highest BCUT2D eigenvalue weighted by Crippen LogP contribution is 2.31. The number of aromatic nitrogens is 3. The first-order chi connectivity index (χ1) is 16.9. The minimum atomic E-state index is -0.590. The summed E-state index contributed by atoms with van der Waals surface area (Å²) in [4.78, 5) is 12.4. The second-order valence-corrected chi connectivity index (χ2v) is 9.04. The van der Waals surface area contributed by atoms with Crippen LogP contribution in [0.1, 0.15) is 11.4 Å². The number of carbonyl (C=O) groups is 1. The monoisotopic (exact) mass is 531 g/mol. The number of nitrogens with one attached hydrogen (secondary N) is 2. The maximum Gasteiger partial charge on any atom is 0.319 e. The van der Waals surface area contributed by atoms with Crippen LogP contribution in [0.5, 0.6) is 5.75 Å². The van der Waals surface area contributed by atoms with Crippen LogP contribution in [0.3, 0.4) is 0 Å². The number of nitrogens with zero attached hydrogens (tertiary/aromatic N) is 3. The number of methoxy groups -OCH3 is 1. The van der Waals surface area contributed by atoms with Gasteiger partial charge in [0, 0.05) is 10.8 Å². The summed E-state index contributed by atoms with van der Waals surface area (Å²) in [6.45, 7) is 0.00977. The van der Waals surface area contributed by atoms with Crippen molar-refractivity contribution in [3.05, 3.63) is 94.0 Å². The fourth-order valence-electron chi connectivity index (χ4n) is 3.21. The van der Waals surface area contributed by atoms with Crippen molar-refractivity contribution >= 4 is 46.7 Å². The number of carbonyl (C=O) groups excluding carboxylic acids is 1. The molecule has 2 N–H and O–H groups in total. The second-order valence-electron chi connectivity index (χ2n) is 7.26. The summed E-state index contributed by atoms with van der Waals surface area (Å²) in [5, 5.41) is 15.2. The predicted molar refractivity (Wildman–Crippen MR) is 136 cm³/mol. The van der Waals surface area contributed by atoms with Crippen LogP contribution in [-0.2, 0) is 12.3 Å². The van der Waals surface area contributed by atoms with Crippen LogP contribution in [0.2, 0.25) is 10.0 Å². The highest BCUT2D eigenvalue weighted by molar-refractivity contribution is 7.98. The molecule has 7 nitrogen and oxygen atoms in total. The maximum atomic E-state index is 13.8. The largest absolute Gasteiger partial charge is 0.497 e. The van der Waals surface area contributed by atoms with Crippen LogP contribution in [-0.4, -0.2) is 27.9 Å². The van der Waals surface area contributed by atoms with Gasteiger partial charge in [0.05, 0.1) is 30.1 Å². The minimum absolute atomic E-state index is 0.00977. The summed E-state index contributed by atoms with van der Waals surface area (Å²) < 4.78 is 20.9. The number of hydrogen-bond donors (Lipinski definition) is 2. The first-order valence-electron chi connectivity index (χ1n) is 10.4. The number of para-hydroxylation sites is 1. The lowest BCUT2D eigenvalue weighted by molar-refractivity contribution is 0.251. The second kappa shape index (κ2) is 11.4. The Bertz CT molecular complexity index is 1350. The van der Waals surface area contributed by atoms with Gasteiger partial charge in [0.1, 0.15) is 11.6 Å². The van der Waals surface area contributed by atoms with Crippen LogP contribution >= 0.6 is 35.0 Å². The maximum absolute atomic E-state index is 13.8. The Kier molecular flexibility index (Phi) is 8.12. The third kappa shape index (κ3) is 6.25. The van der Waals surface area contributed by atoms with Gasteiger partial charge >= 0.3 is 6.03 Å². The summed E-state index contributed by atoms with van der Waals surface area (Å²) in [7, 11) is 1.62. The van der Waals surface area contributed by atoms with E-state index in [2.05, 4.69) is 20.8 Å². The number of hydrogen-bond acceptors (Lipinski definition) is 5. The number of benzene rings is 3. The van der Waals surface area contributed by atoms with Crippen molar-refractivity contribution in [3.8, 4) is 11.4 Å². The van der Waals surface area contributed by atoms with E-state index in [-0.39, 0.29) is 12.2 Å². The number of rotatable bonds is 8. The highest BCUT2D eigenvalue weighted by Gasteiger charge is 2.18. The third-order valence-corrected chi connectivity index (χ3v) is 6.44. The van der Waals surface area contributed by atoms with Crippen LogP contribution in [0.15, 0.2) is 71.9 Å². The molecule has 4 rings (SSSR count). The number of urea groups is 1. The van der Waals surface area contributed by atoms with E-state index >= 15 is 0 Å². The molecule has 0 saturated carbocycles. The Morgan fingerprint density at radius 1 is 1.09 bits per heavy atom. The van der Waals surface area contributed by atoms with Crippen LogP contribution in [0, 0.1) is 5.82 Å². The smallest absolute Gasteiger partial charge is 0.319 e. The van der Waals surface area contributed by atoms with Gasteiger partial charge in [0.15, 0.2) is 11.0 Å². The highest BCUT2D eigenvalue weighted by atomic mass is 35.5. The fourth-order valence-corrected chi connectivity index (χ4v) is 4.48. The molecule has 4 aromatic rings. The summed E-state index contributed by atoms with van der Waals surface area (Å²) in [5.74, 6) is 1.24. The van der Waals surface area contributed by atoms with Gasteiger partial charge in [-0.15, -0.1) is 10.2 Å². The third-order valence-electron chi connectivity index (χ3n) is 4.88. The molecule has 0 unspecified atom stereocenters. The first-order valence-corrected chi connectivity index (χ1v) is 12.1. The van der Waals surface area contributed by atoms with E-state index in [1.807, 2.05) is 24.3 Å². The molecule has 0 bridgehead atoms. The molecule has 0 spiro atoms. The van der Waals surface area contributed by atoms with Crippen molar-refractivity contribution in [3.63, 3.8) is 0 Å². The number of anilines is 1. The molecule has 0 saturated heterocycles. The summed E-state index contributed by atoms with van der Waals surface area (Å²) >= 11 is 14.1. The molecule has 0 fully saturated rings. The predicted octanol–water partition coefficient (Wildman–Crippen LogP) is 6.34. The Labute approximate surface area is 215 Å².